The van der Waals surface area contributed by atoms with Crippen LogP contribution in [0.15, 0.2) is 116 Å². The second-order valence-electron chi connectivity index (χ2n) is 12.2. The summed E-state index contributed by atoms with van der Waals surface area (Å²) in [6, 6.07) is 31.5. The molecule has 0 radical (unpaired) electrons. The Bertz CT molecular complexity index is 1780. The average molecular weight is 645 g/mol. The van der Waals surface area contributed by atoms with Gasteiger partial charge in [0.15, 0.2) is 0 Å². The molecule has 3 amide bonds. The fourth-order valence-electron chi connectivity index (χ4n) is 6.64. The number of carbonyl (C=O) groups excluding carboxylic acids is 3. The van der Waals surface area contributed by atoms with Crippen molar-refractivity contribution in [2.75, 3.05) is 26.7 Å². The van der Waals surface area contributed by atoms with Crippen LogP contribution < -0.4 is 4.74 Å². The van der Waals surface area contributed by atoms with Gasteiger partial charge in [-0.15, -0.1) is 6.58 Å². The Balaban J connectivity index is 1.34. The van der Waals surface area contributed by atoms with E-state index in [1.807, 2.05) is 72.8 Å². The predicted molar refractivity (Wildman–Crippen MR) is 183 cm³/mol. The molecule has 4 aromatic carbocycles. The van der Waals surface area contributed by atoms with Crippen molar-refractivity contribution in [1.82, 2.24) is 19.8 Å². The van der Waals surface area contributed by atoms with Crippen molar-refractivity contribution in [2.45, 2.75) is 38.0 Å². The van der Waals surface area contributed by atoms with Gasteiger partial charge >= 0.3 is 0 Å². The maximum atomic E-state index is 14.4. The molecule has 2 aliphatic heterocycles. The molecular formula is C39H40N4O5. The quantitative estimate of drug-likeness (QED) is 0.230. The molecule has 2 atom stereocenters. The Morgan fingerprint density at radius 2 is 1.60 bits per heavy atom. The summed E-state index contributed by atoms with van der Waals surface area (Å²) in [5.74, 6) is 0.345. The average Bonchev–Trinajstić information content (AvgIpc) is 3.10. The monoisotopic (exact) mass is 644 g/mol. The lowest BCUT2D eigenvalue weighted by Gasteiger charge is -2.55. The number of benzene rings is 4. The molecular weight excluding hydrogens is 604 g/mol. The van der Waals surface area contributed by atoms with Crippen LogP contribution in [0.4, 0.5) is 0 Å². The summed E-state index contributed by atoms with van der Waals surface area (Å²) in [6.45, 7) is 4.61. The van der Waals surface area contributed by atoms with Crippen molar-refractivity contribution in [3.63, 3.8) is 0 Å². The number of ether oxygens (including phenoxy) is 1. The number of hydrogen-bond donors (Lipinski definition) is 1. The minimum atomic E-state index is -0.835. The number of hydrazine groups is 1. The number of phenols is 1. The number of fused-ring (bicyclic) bond motifs is 1. The van der Waals surface area contributed by atoms with Gasteiger partial charge in [0.25, 0.3) is 0 Å². The first kappa shape index (κ1) is 32.5. The first-order valence-corrected chi connectivity index (χ1v) is 16.2. The minimum Gasteiger partial charge on any atom is -0.508 e. The van der Waals surface area contributed by atoms with Gasteiger partial charge in [-0.2, -0.15) is 0 Å². The fraction of sp³-hybridized carbons (Fsp3) is 0.256. The van der Waals surface area contributed by atoms with E-state index in [2.05, 4.69) is 12.6 Å². The molecule has 6 rings (SSSR count). The smallest absolute Gasteiger partial charge is 0.246 e. The van der Waals surface area contributed by atoms with E-state index in [9.17, 15) is 19.5 Å². The van der Waals surface area contributed by atoms with E-state index < -0.39 is 12.2 Å². The number of piperazine rings is 1. The maximum Gasteiger partial charge on any atom is 0.246 e. The van der Waals surface area contributed by atoms with Crippen LogP contribution in [0, 0.1) is 0 Å². The van der Waals surface area contributed by atoms with E-state index in [1.54, 1.807) is 57.3 Å². The highest BCUT2D eigenvalue weighted by Crippen LogP contribution is 2.31. The van der Waals surface area contributed by atoms with E-state index in [1.165, 1.54) is 0 Å². The third-order valence-electron chi connectivity index (χ3n) is 8.96. The minimum absolute atomic E-state index is 0.0401. The summed E-state index contributed by atoms with van der Waals surface area (Å²) in [5.41, 5.74) is 4.75. The van der Waals surface area contributed by atoms with Gasteiger partial charge in [-0.05, 0) is 64.6 Å². The molecule has 2 aliphatic rings. The van der Waals surface area contributed by atoms with Gasteiger partial charge in [-0.3, -0.25) is 14.4 Å². The van der Waals surface area contributed by atoms with Gasteiger partial charge in [-0.1, -0.05) is 78.9 Å². The van der Waals surface area contributed by atoms with Crippen molar-refractivity contribution < 1.29 is 24.2 Å². The lowest BCUT2D eigenvalue weighted by atomic mass is 9.97. The Kier molecular flexibility index (Phi) is 9.87. The lowest BCUT2D eigenvalue weighted by molar-refractivity contribution is -0.205. The Morgan fingerprint density at radius 1 is 0.896 bits per heavy atom. The van der Waals surface area contributed by atoms with Crippen molar-refractivity contribution in [1.29, 1.82) is 0 Å². The molecule has 2 fully saturated rings. The molecule has 9 nitrogen and oxygen atoms in total. The molecule has 2 heterocycles. The number of hydrogen-bond acceptors (Lipinski definition) is 6. The third kappa shape index (κ3) is 7.11. The summed E-state index contributed by atoms with van der Waals surface area (Å²) >= 11 is 0. The molecule has 0 saturated carbocycles. The van der Waals surface area contributed by atoms with Crippen LogP contribution in [-0.2, 0) is 33.8 Å². The Hall–Kier alpha value is -5.41. The van der Waals surface area contributed by atoms with Crippen molar-refractivity contribution in [3.05, 3.63) is 132 Å². The second-order valence-corrected chi connectivity index (χ2v) is 12.2. The molecule has 0 unspecified atom stereocenters. The highest BCUT2D eigenvalue weighted by Gasteiger charge is 2.51. The standard InChI is InChI=1S/C39H40N4O5/c1-3-21-41-27-38(46)42-35(23-29-15-18-33(44)19-16-29)39(47)40(26-36(42)43(41)37(45)20-17-28-9-5-4-6-10-28)25-30-11-7-12-31(22-30)32-13-8-14-34(24-32)48-2/h3-16,18-19,22,24,35-36,44H,1,17,20-21,23,25-27H2,2H3/t35-,36-/m0/s1. The Morgan fingerprint density at radius 3 is 2.33 bits per heavy atom. The van der Waals surface area contributed by atoms with Crippen molar-refractivity contribution in [3.8, 4) is 22.6 Å². The summed E-state index contributed by atoms with van der Waals surface area (Å²) in [7, 11) is 1.64. The van der Waals surface area contributed by atoms with Crippen molar-refractivity contribution >= 4 is 17.7 Å². The maximum absolute atomic E-state index is 14.4. The van der Waals surface area contributed by atoms with Crippen LogP contribution in [0.1, 0.15) is 23.1 Å². The number of nitrogens with zero attached hydrogens (tertiary/aromatic N) is 4. The van der Waals surface area contributed by atoms with Crippen LogP contribution >= 0.6 is 0 Å². The second kappa shape index (κ2) is 14.6. The van der Waals surface area contributed by atoms with Gasteiger partial charge in [0.05, 0.1) is 20.2 Å². The van der Waals surface area contributed by atoms with E-state index >= 15 is 0 Å². The van der Waals surface area contributed by atoms with E-state index in [4.69, 9.17) is 4.74 Å². The predicted octanol–water partition coefficient (Wildman–Crippen LogP) is 5.05. The molecule has 2 saturated heterocycles. The molecule has 246 valence electrons. The zero-order valence-electron chi connectivity index (χ0n) is 27.1. The zero-order chi connectivity index (χ0) is 33.6. The SMILES string of the molecule is C=CCN1CC(=O)N2[C@@H](Cc3ccc(O)cc3)C(=O)N(Cc3cccc(-c4cccc(OC)c4)c3)C[C@@H]2N1C(=O)CCc1ccccc1. The molecule has 48 heavy (non-hydrogen) atoms. The Labute approximate surface area is 281 Å². The fourth-order valence-corrected chi connectivity index (χ4v) is 6.64. The largest absolute Gasteiger partial charge is 0.508 e. The highest BCUT2D eigenvalue weighted by atomic mass is 16.5. The van der Waals surface area contributed by atoms with E-state index in [-0.39, 0.29) is 49.4 Å². The number of aryl methyl sites for hydroxylation is 1. The van der Waals surface area contributed by atoms with Gasteiger partial charge in [0.1, 0.15) is 23.7 Å². The molecule has 0 bridgehead atoms. The highest BCUT2D eigenvalue weighted by molar-refractivity contribution is 5.92. The molecule has 0 aliphatic carbocycles. The molecule has 9 heteroatoms. The van der Waals surface area contributed by atoms with Crippen molar-refractivity contribution in [2.24, 2.45) is 0 Å². The summed E-state index contributed by atoms with van der Waals surface area (Å²) in [4.78, 5) is 45.7. The summed E-state index contributed by atoms with van der Waals surface area (Å²) < 4.78 is 5.42. The van der Waals surface area contributed by atoms with Crippen LogP contribution in [0.5, 0.6) is 11.5 Å². The molecule has 1 N–H and O–H groups in total. The zero-order valence-corrected chi connectivity index (χ0v) is 27.1. The first-order chi connectivity index (χ1) is 23.3. The molecule has 0 aromatic heterocycles. The topological polar surface area (TPSA) is 93.6 Å². The third-order valence-corrected chi connectivity index (χ3v) is 8.96. The number of aromatic hydroxyl groups is 1. The van der Waals surface area contributed by atoms with Gasteiger partial charge in [-0.25, -0.2) is 10.0 Å². The molecule has 4 aromatic rings. The number of rotatable bonds is 11. The number of carbonyl (C=O) groups is 3. The number of methoxy groups -OCH3 is 1. The van der Waals surface area contributed by atoms with Crippen LogP contribution in [0.25, 0.3) is 11.1 Å². The van der Waals surface area contributed by atoms with Gasteiger partial charge in [0.2, 0.25) is 17.7 Å². The lowest BCUT2D eigenvalue weighted by Crippen LogP contribution is -2.75. The van der Waals surface area contributed by atoms with Crippen LogP contribution in [0.3, 0.4) is 0 Å². The van der Waals surface area contributed by atoms with Crippen LogP contribution in [-0.4, -0.2) is 81.6 Å². The number of amides is 3. The normalized spacial score (nSPS) is 18.1. The van der Waals surface area contributed by atoms with Gasteiger partial charge in [0, 0.05) is 25.9 Å². The molecule has 0 spiro atoms. The summed E-state index contributed by atoms with van der Waals surface area (Å²) in [5, 5.41) is 13.3. The number of phenolic OH excluding ortho intramolecular Hbond substituents is 1. The summed E-state index contributed by atoms with van der Waals surface area (Å²) in [6.07, 6.45) is 2.03. The van der Waals surface area contributed by atoms with Gasteiger partial charge < -0.3 is 19.6 Å². The van der Waals surface area contributed by atoms with Crippen LogP contribution in [0.2, 0.25) is 0 Å². The van der Waals surface area contributed by atoms with E-state index in [0.717, 1.165) is 33.6 Å². The first-order valence-electron chi connectivity index (χ1n) is 16.2. The van der Waals surface area contributed by atoms with E-state index in [0.29, 0.717) is 19.5 Å².